The summed E-state index contributed by atoms with van der Waals surface area (Å²) in [5.41, 5.74) is 2.87. The number of halogens is 2. The van der Waals surface area contributed by atoms with E-state index in [1.807, 2.05) is 18.2 Å². The first kappa shape index (κ1) is 14.6. The van der Waals surface area contributed by atoms with Gasteiger partial charge in [0.2, 0.25) is 0 Å². The highest BCUT2D eigenvalue weighted by atomic mass is 35.5. The van der Waals surface area contributed by atoms with Gasteiger partial charge in [-0.15, -0.1) is 0 Å². The summed E-state index contributed by atoms with van der Waals surface area (Å²) in [7, 11) is 0. The molecule has 0 aromatic heterocycles. The lowest BCUT2D eigenvalue weighted by Gasteiger charge is -2.38. The van der Waals surface area contributed by atoms with E-state index in [2.05, 4.69) is 12.1 Å². The van der Waals surface area contributed by atoms with Gasteiger partial charge in [-0.05, 0) is 48.4 Å². The van der Waals surface area contributed by atoms with E-state index >= 15 is 0 Å². The number of hydrogen-bond donors (Lipinski definition) is 1. The Morgan fingerprint density at radius 1 is 1.14 bits per heavy atom. The topological polar surface area (TPSA) is 20.2 Å². The third-order valence-electron chi connectivity index (χ3n) is 4.55. The molecule has 110 valence electrons. The van der Waals surface area contributed by atoms with Crippen LogP contribution >= 0.6 is 11.6 Å². The van der Waals surface area contributed by atoms with E-state index in [1.165, 1.54) is 17.2 Å². The van der Waals surface area contributed by atoms with Crippen LogP contribution < -0.4 is 0 Å². The molecule has 0 saturated heterocycles. The molecule has 0 radical (unpaired) electrons. The Bertz CT molecular complexity index is 655. The SMILES string of the molecule is OCC1(Cc2cccc(F)c2Cl)CCCc2ccccc21. The molecule has 1 nitrogen and oxygen atoms in total. The predicted octanol–water partition coefficient (Wildman–Crippen LogP) is 4.29. The van der Waals surface area contributed by atoms with Crippen molar-refractivity contribution in [2.75, 3.05) is 6.61 Å². The van der Waals surface area contributed by atoms with Crippen molar-refractivity contribution in [1.82, 2.24) is 0 Å². The first-order chi connectivity index (χ1) is 10.2. The molecule has 3 heteroatoms. The third kappa shape index (κ3) is 2.58. The van der Waals surface area contributed by atoms with Gasteiger partial charge in [-0.2, -0.15) is 0 Å². The molecule has 0 saturated carbocycles. The third-order valence-corrected chi connectivity index (χ3v) is 4.98. The number of aliphatic hydroxyl groups is 1. The van der Waals surface area contributed by atoms with Crippen LogP contribution in [0.5, 0.6) is 0 Å². The summed E-state index contributed by atoms with van der Waals surface area (Å²) >= 11 is 6.10. The summed E-state index contributed by atoms with van der Waals surface area (Å²) in [6, 6.07) is 13.1. The van der Waals surface area contributed by atoms with Crippen LogP contribution in [0, 0.1) is 5.82 Å². The van der Waals surface area contributed by atoms with Crippen LogP contribution in [-0.2, 0) is 18.3 Å². The van der Waals surface area contributed by atoms with Crippen molar-refractivity contribution < 1.29 is 9.50 Å². The standard InChI is InChI=1S/C18H18ClFO/c19-17-14(6-3-9-16(17)20)11-18(12-21)10-4-7-13-5-1-2-8-15(13)18/h1-3,5-6,8-9,21H,4,7,10-12H2. The lowest BCUT2D eigenvalue weighted by molar-refractivity contribution is 0.173. The normalized spacial score (nSPS) is 21.1. The van der Waals surface area contributed by atoms with Gasteiger partial charge in [0.1, 0.15) is 5.82 Å². The van der Waals surface area contributed by atoms with Gasteiger partial charge >= 0.3 is 0 Å². The van der Waals surface area contributed by atoms with Crippen molar-refractivity contribution in [2.45, 2.75) is 31.1 Å². The second-order valence-corrected chi connectivity index (χ2v) is 6.22. The average molecular weight is 305 g/mol. The van der Waals surface area contributed by atoms with E-state index in [9.17, 15) is 9.50 Å². The number of benzene rings is 2. The van der Waals surface area contributed by atoms with Crippen molar-refractivity contribution in [3.8, 4) is 0 Å². The van der Waals surface area contributed by atoms with Gasteiger partial charge in [-0.1, -0.05) is 48.0 Å². The fourth-order valence-electron chi connectivity index (χ4n) is 3.46. The van der Waals surface area contributed by atoms with E-state index in [1.54, 1.807) is 6.07 Å². The van der Waals surface area contributed by atoms with Gasteiger partial charge in [0.25, 0.3) is 0 Å². The molecule has 1 N–H and O–H groups in total. The summed E-state index contributed by atoms with van der Waals surface area (Å²) in [5.74, 6) is -0.397. The highest BCUT2D eigenvalue weighted by molar-refractivity contribution is 6.31. The Morgan fingerprint density at radius 3 is 2.76 bits per heavy atom. The number of aryl methyl sites for hydroxylation is 1. The number of aliphatic hydroxyl groups excluding tert-OH is 1. The Labute approximate surface area is 129 Å². The monoisotopic (exact) mass is 304 g/mol. The van der Waals surface area contributed by atoms with Crippen molar-refractivity contribution in [3.63, 3.8) is 0 Å². The van der Waals surface area contributed by atoms with Gasteiger partial charge in [0.15, 0.2) is 0 Å². The van der Waals surface area contributed by atoms with Crippen molar-refractivity contribution >= 4 is 11.6 Å². The Hall–Kier alpha value is -1.38. The van der Waals surface area contributed by atoms with E-state index in [-0.39, 0.29) is 17.0 Å². The highest BCUT2D eigenvalue weighted by Gasteiger charge is 2.36. The van der Waals surface area contributed by atoms with Crippen LogP contribution in [0.25, 0.3) is 0 Å². The molecular formula is C18H18ClFO. The molecule has 1 atom stereocenters. The van der Waals surface area contributed by atoms with Crippen molar-refractivity contribution in [3.05, 3.63) is 70.0 Å². The molecule has 0 spiro atoms. The van der Waals surface area contributed by atoms with Crippen molar-refractivity contribution in [2.24, 2.45) is 0 Å². The molecule has 21 heavy (non-hydrogen) atoms. The zero-order chi connectivity index (χ0) is 14.9. The quantitative estimate of drug-likeness (QED) is 0.897. The summed E-state index contributed by atoms with van der Waals surface area (Å²) in [6.45, 7) is 0.0524. The zero-order valence-corrected chi connectivity index (χ0v) is 12.5. The van der Waals surface area contributed by atoms with Gasteiger partial charge in [0, 0.05) is 5.41 Å². The first-order valence-electron chi connectivity index (χ1n) is 7.28. The molecule has 0 heterocycles. The molecule has 2 aromatic carbocycles. The molecule has 3 rings (SSSR count). The second-order valence-electron chi connectivity index (χ2n) is 5.84. The van der Waals surface area contributed by atoms with Crippen LogP contribution in [0.4, 0.5) is 4.39 Å². The fourth-order valence-corrected chi connectivity index (χ4v) is 3.65. The van der Waals surface area contributed by atoms with Gasteiger partial charge in [0.05, 0.1) is 11.6 Å². The smallest absolute Gasteiger partial charge is 0.142 e. The first-order valence-corrected chi connectivity index (χ1v) is 7.66. The summed E-state index contributed by atoms with van der Waals surface area (Å²) in [6.07, 6.45) is 3.53. The van der Waals surface area contributed by atoms with E-state index in [4.69, 9.17) is 11.6 Å². The molecule has 0 fully saturated rings. The summed E-state index contributed by atoms with van der Waals surface area (Å²) in [4.78, 5) is 0. The van der Waals surface area contributed by atoms with E-state index in [0.29, 0.717) is 6.42 Å². The maximum Gasteiger partial charge on any atom is 0.142 e. The maximum atomic E-state index is 13.7. The summed E-state index contributed by atoms with van der Waals surface area (Å²) < 4.78 is 13.7. The maximum absolute atomic E-state index is 13.7. The minimum atomic E-state index is -0.397. The minimum Gasteiger partial charge on any atom is -0.395 e. The molecule has 0 bridgehead atoms. The Kier molecular flexibility index (Phi) is 4.01. The van der Waals surface area contributed by atoms with Gasteiger partial charge < -0.3 is 5.11 Å². The lowest BCUT2D eigenvalue weighted by atomic mass is 9.67. The Morgan fingerprint density at radius 2 is 1.95 bits per heavy atom. The van der Waals surface area contributed by atoms with Crippen LogP contribution in [-0.4, -0.2) is 11.7 Å². The lowest BCUT2D eigenvalue weighted by Crippen LogP contribution is -2.37. The molecular weight excluding hydrogens is 287 g/mol. The average Bonchev–Trinajstić information content (AvgIpc) is 2.52. The second kappa shape index (κ2) is 5.78. The zero-order valence-electron chi connectivity index (χ0n) is 11.8. The molecule has 0 aliphatic heterocycles. The summed E-state index contributed by atoms with van der Waals surface area (Å²) in [5, 5.41) is 10.2. The predicted molar refractivity (Wildman–Crippen MR) is 83.3 cm³/mol. The van der Waals surface area contributed by atoms with Crippen molar-refractivity contribution in [1.29, 1.82) is 0 Å². The van der Waals surface area contributed by atoms with Gasteiger partial charge in [-0.3, -0.25) is 0 Å². The number of rotatable bonds is 3. The molecule has 1 aliphatic carbocycles. The number of fused-ring (bicyclic) bond motifs is 1. The molecule has 1 aliphatic rings. The molecule has 2 aromatic rings. The van der Waals surface area contributed by atoms with Crippen LogP contribution in [0.3, 0.4) is 0 Å². The fraction of sp³-hybridized carbons (Fsp3) is 0.333. The van der Waals surface area contributed by atoms with Crippen LogP contribution in [0.1, 0.15) is 29.5 Å². The van der Waals surface area contributed by atoms with E-state index < -0.39 is 5.82 Å². The number of hydrogen-bond acceptors (Lipinski definition) is 1. The van der Waals surface area contributed by atoms with Crippen LogP contribution in [0.15, 0.2) is 42.5 Å². The Balaban J connectivity index is 2.04. The minimum absolute atomic E-state index is 0.0524. The van der Waals surface area contributed by atoms with Crippen LogP contribution in [0.2, 0.25) is 5.02 Å². The van der Waals surface area contributed by atoms with E-state index in [0.717, 1.165) is 24.8 Å². The van der Waals surface area contributed by atoms with Gasteiger partial charge in [-0.25, -0.2) is 4.39 Å². The largest absolute Gasteiger partial charge is 0.395 e. The molecule has 0 amide bonds. The molecule has 1 unspecified atom stereocenters. The highest BCUT2D eigenvalue weighted by Crippen LogP contribution is 2.41.